The number of methoxy groups -OCH3 is 3. The molecule has 136 valence electrons. The lowest BCUT2D eigenvalue weighted by molar-refractivity contribution is 0.122. The molecule has 1 aromatic heterocycles. The van der Waals surface area contributed by atoms with Crippen molar-refractivity contribution in [3.63, 3.8) is 0 Å². The highest BCUT2D eigenvalue weighted by atomic mass is 16.5. The molecule has 1 N–H and O–H groups in total. The van der Waals surface area contributed by atoms with Crippen LogP contribution in [-0.4, -0.2) is 44.3 Å². The lowest BCUT2D eigenvalue weighted by atomic mass is 10.1. The van der Waals surface area contributed by atoms with Crippen LogP contribution in [0.1, 0.15) is 23.9 Å². The Morgan fingerprint density at radius 1 is 1.08 bits per heavy atom. The fraction of sp³-hybridized carbons (Fsp3) is 0.389. The number of nitrogens with zero attached hydrogens (tertiary/aromatic N) is 1. The fourth-order valence-corrected chi connectivity index (χ4v) is 2.14. The number of hydrogen-bond donors (Lipinski definition) is 1. The molecule has 2 aromatic rings. The van der Waals surface area contributed by atoms with Crippen molar-refractivity contribution in [2.45, 2.75) is 19.6 Å². The number of aromatic nitrogens is 1. The molecule has 1 atom stereocenters. The minimum atomic E-state index is -0.587. The Kier molecular flexibility index (Phi) is 6.85. The lowest BCUT2D eigenvalue weighted by Crippen LogP contribution is -2.13. The van der Waals surface area contributed by atoms with Gasteiger partial charge in [0.25, 0.3) is 0 Å². The summed E-state index contributed by atoms with van der Waals surface area (Å²) in [5.74, 6) is 2.27. The van der Waals surface area contributed by atoms with Crippen LogP contribution in [0.4, 0.5) is 0 Å². The van der Waals surface area contributed by atoms with Crippen molar-refractivity contribution >= 4 is 12.2 Å². The van der Waals surface area contributed by atoms with Gasteiger partial charge in [-0.1, -0.05) is 5.16 Å². The maximum atomic E-state index is 9.46. The van der Waals surface area contributed by atoms with Gasteiger partial charge in [-0.05, 0) is 25.1 Å². The zero-order chi connectivity index (χ0) is 18.2. The van der Waals surface area contributed by atoms with Crippen molar-refractivity contribution in [2.24, 2.45) is 0 Å². The second-order valence-electron chi connectivity index (χ2n) is 5.39. The first-order valence-corrected chi connectivity index (χ1v) is 7.76. The average molecular weight is 349 g/mol. The third kappa shape index (κ3) is 5.23. The summed E-state index contributed by atoms with van der Waals surface area (Å²) >= 11 is 0. The molecule has 0 fully saturated rings. The van der Waals surface area contributed by atoms with Crippen LogP contribution >= 0.6 is 0 Å². The Labute approximate surface area is 146 Å². The van der Waals surface area contributed by atoms with Gasteiger partial charge in [0.05, 0.1) is 26.9 Å². The van der Waals surface area contributed by atoms with Gasteiger partial charge in [0, 0.05) is 24.8 Å². The van der Waals surface area contributed by atoms with Crippen molar-refractivity contribution in [3.05, 3.63) is 35.2 Å². The second kappa shape index (κ2) is 9.10. The van der Waals surface area contributed by atoms with Crippen LogP contribution in [0.2, 0.25) is 0 Å². The molecule has 1 heterocycles. The van der Waals surface area contributed by atoms with Crippen LogP contribution in [0.5, 0.6) is 17.2 Å². The molecule has 0 saturated carbocycles. The summed E-state index contributed by atoms with van der Waals surface area (Å²) in [6, 6.07) is 5.30. The minimum absolute atomic E-state index is 0.163. The molecule has 7 nitrogen and oxygen atoms in total. The summed E-state index contributed by atoms with van der Waals surface area (Å²) in [6.07, 6.45) is 3.00. The highest BCUT2D eigenvalue weighted by molar-refractivity contribution is 5.73. The van der Waals surface area contributed by atoms with Gasteiger partial charge >= 0.3 is 0 Å². The Bertz CT molecular complexity index is 708. The molecule has 0 bridgehead atoms. The summed E-state index contributed by atoms with van der Waals surface area (Å²) in [6.45, 7) is 2.20. The van der Waals surface area contributed by atoms with E-state index in [1.807, 2.05) is 6.08 Å². The van der Waals surface area contributed by atoms with E-state index in [4.69, 9.17) is 23.5 Å². The van der Waals surface area contributed by atoms with Crippen LogP contribution in [0, 0.1) is 0 Å². The third-order valence-electron chi connectivity index (χ3n) is 3.29. The first kappa shape index (κ1) is 18.8. The number of aliphatic hydroxyl groups is 1. The van der Waals surface area contributed by atoms with E-state index in [0.717, 1.165) is 5.56 Å². The molecule has 0 radical (unpaired) electrons. The van der Waals surface area contributed by atoms with E-state index in [2.05, 4.69) is 5.16 Å². The van der Waals surface area contributed by atoms with Gasteiger partial charge < -0.3 is 28.6 Å². The van der Waals surface area contributed by atoms with Crippen LogP contribution in [-0.2, 0) is 11.3 Å². The van der Waals surface area contributed by atoms with E-state index < -0.39 is 6.10 Å². The monoisotopic (exact) mass is 349 g/mol. The van der Waals surface area contributed by atoms with Gasteiger partial charge in [0.2, 0.25) is 0 Å². The summed E-state index contributed by atoms with van der Waals surface area (Å²) in [5.41, 5.74) is 1.46. The number of hydrogen-bond acceptors (Lipinski definition) is 7. The van der Waals surface area contributed by atoms with Crippen LogP contribution in [0.15, 0.2) is 22.7 Å². The van der Waals surface area contributed by atoms with Gasteiger partial charge in [-0.3, -0.25) is 0 Å². The molecule has 2 rings (SSSR count). The molecular formula is C18H23NO6. The van der Waals surface area contributed by atoms with Crippen molar-refractivity contribution in [1.29, 1.82) is 0 Å². The molecule has 0 spiro atoms. The normalized spacial score (nSPS) is 12.4. The SMILES string of the molecule is COCc1cc(C=Cc2cc(OC)c(OC)cc2OCC(C)O)on1. The van der Waals surface area contributed by atoms with Crippen LogP contribution < -0.4 is 14.2 Å². The molecule has 0 saturated heterocycles. The quantitative estimate of drug-likeness (QED) is 0.745. The number of benzene rings is 1. The van der Waals surface area contributed by atoms with Gasteiger partial charge in [-0.2, -0.15) is 0 Å². The summed E-state index contributed by atoms with van der Waals surface area (Å²) < 4.78 is 26.5. The maximum absolute atomic E-state index is 9.46. The largest absolute Gasteiger partial charge is 0.493 e. The molecule has 1 unspecified atom stereocenters. The third-order valence-corrected chi connectivity index (χ3v) is 3.29. The number of aliphatic hydroxyl groups excluding tert-OH is 1. The molecule has 7 heteroatoms. The first-order valence-electron chi connectivity index (χ1n) is 7.76. The van der Waals surface area contributed by atoms with E-state index in [1.165, 1.54) is 0 Å². The Morgan fingerprint density at radius 2 is 1.80 bits per heavy atom. The zero-order valence-corrected chi connectivity index (χ0v) is 14.8. The summed E-state index contributed by atoms with van der Waals surface area (Å²) in [4.78, 5) is 0. The molecule has 0 aliphatic carbocycles. The van der Waals surface area contributed by atoms with Crippen molar-refractivity contribution < 1.29 is 28.6 Å². The second-order valence-corrected chi connectivity index (χ2v) is 5.39. The van der Waals surface area contributed by atoms with Gasteiger partial charge in [-0.25, -0.2) is 0 Å². The summed E-state index contributed by atoms with van der Waals surface area (Å²) in [5, 5.41) is 13.4. The molecular weight excluding hydrogens is 326 g/mol. The fourth-order valence-electron chi connectivity index (χ4n) is 2.14. The lowest BCUT2D eigenvalue weighted by Gasteiger charge is -2.15. The van der Waals surface area contributed by atoms with Crippen LogP contribution in [0.3, 0.4) is 0 Å². The van der Waals surface area contributed by atoms with Crippen molar-refractivity contribution in [1.82, 2.24) is 5.16 Å². The van der Waals surface area contributed by atoms with Gasteiger partial charge in [-0.15, -0.1) is 0 Å². The van der Waals surface area contributed by atoms with Gasteiger partial charge in [0.15, 0.2) is 17.3 Å². The molecule has 0 amide bonds. The number of rotatable bonds is 9. The minimum Gasteiger partial charge on any atom is -0.493 e. The standard InChI is InChI=1S/C18H23NO6/c1-12(20)10-24-16-9-18(23-4)17(22-3)7-13(16)5-6-15-8-14(11-21-2)19-25-15/h5-9,12,20H,10-11H2,1-4H3. The highest BCUT2D eigenvalue weighted by Crippen LogP contribution is 2.35. The maximum Gasteiger partial charge on any atom is 0.164 e. The van der Waals surface area contributed by atoms with E-state index in [0.29, 0.717) is 35.3 Å². The topological polar surface area (TPSA) is 83.2 Å². The van der Waals surface area contributed by atoms with Crippen LogP contribution in [0.25, 0.3) is 12.2 Å². The molecule has 0 aliphatic heterocycles. The summed E-state index contributed by atoms with van der Waals surface area (Å²) in [7, 11) is 4.71. The van der Waals surface area contributed by atoms with E-state index in [-0.39, 0.29) is 6.61 Å². The molecule has 0 aliphatic rings. The predicted molar refractivity (Wildman–Crippen MR) is 92.9 cm³/mol. The van der Waals surface area contributed by atoms with E-state index in [9.17, 15) is 5.11 Å². The van der Waals surface area contributed by atoms with Crippen molar-refractivity contribution in [2.75, 3.05) is 27.9 Å². The molecule has 1 aromatic carbocycles. The Hall–Kier alpha value is -2.51. The predicted octanol–water partition coefficient (Wildman–Crippen LogP) is 2.77. The zero-order valence-electron chi connectivity index (χ0n) is 14.8. The average Bonchev–Trinajstić information content (AvgIpc) is 3.05. The van der Waals surface area contributed by atoms with E-state index >= 15 is 0 Å². The van der Waals surface area contributed by atoms with Crippen molar-refractivity contribution in [3.8, 4) is 17.2 Å². The molecule has 25 heavy (non-hydrogen) atoms. The van der Waals surface area contributed by atoms with Gasteiger partial charge in [0.1, 0.15) is 18.1 Å². The number of ether oxygens (including phenoxy) is 4. The smallest absolute Gasteiger partial charge is 0.164 e. The Balaban J connectivity index is 2.30. The Morgan fingerprint density at radius 3 is 2.44 bits per heavy atom. The van der Waals surface area contributed by atoms with E-state index in [1.54, 1.807) is 52.5 Å². The first-order chi connectivity index (χ1) is 12.1. The highest BCUT2D eigenvalue weighted by Gasteiger charge is 2.12.